The zero-order chi connectivity index (χ0) is 32.6. The second-order valence-electron chi connectivity index (χ2n) is 11.1. The summed E-state index contributed by atoms with van der Waals surface area (Å²) in [5.74, 6) is -0.375. The average molecular weight is 800 g/mol. The van der Waals surface area contributed by atoms with Gasteiger partial charge in [-0.2, -0.15) is 0 Å². The third-order valence-corrected chi connectivity index (χ3v) is 7.62. The van der Waals surface area contributed by atoms with Crippen LogP contribution in [0.3, 0.4) is 0 Å². The fraction of sp³-hybridized carbons (Fsp3) is 0.0465. The summed E-state index contributed by atoms with van der Waals surface area (Å²) in [5, 5.41) is 19.6. The number of ketones is 1. The summed E-state index contributed by atoms with van der Waals surface area (Å²) in [5.41, 5.74) is 4.07. The topological polar surface area (TPSA) is 65.9 Å². The summed E-state index contributed by atoms with van der Waals surface area (Å²) in [7, 11) is 0. The average Bonchev–Trinajstić information content (AvgIpc) is 3.11. The zero-order valence-corrected chi connectivity index (χ0v) is 28.9. The van der Waals surface area contributed by atoms with E-state index in [1.807, 2.05) is 48.8 Å². The minimum Gasteiger partial charge on any atom is -0.876 e. The third-order valence-electron chi connectivity index (χ3n) is 7.62. The standard InChI is InChI=1S/2C19H12N.C5H8O2.Ir/c2*1-2-7-16-13-17(10-9-14(16)5-1)19-18-8-4-3-6-15(18)11-12-20-19;1-4(6)3-5(2)7;/h2*1-9,11-13H;3,6H,1-2H3;/q2*-1;;+3/p-1/b;;4-3-;. The Morgan fingerprint density at radius 1 is 0.562 bits per heavy atom. The van der Waals surface area contributed by atoms with E-state index < -0.39 is 0 Å². The van der Waals surface area contributed by atoms with Crippen molar-refractivity contribution in [2.75, 3.05) is 0 Å². The van der Waals surface area contributed by atoms with E-state index >= 15 is 0 Å². The fourth-order valence-electron chi connectivity index (χ4n) is 5.48. The van der Waals surface area contributed by atoms with Gasteiger partial charge in [0.1, 0.15) is 0 Å². The Hall–Kier alpha value is -5.48. The van der Waals surface area contributed by atoms with E-state index in [1.165, 1.54) is 56.9 Å². The van der Waals surface area contributed by atoms with Crippen LogP contribution in [0.2, 0.25) is 0 Å². The van der Waals surface area contributed by atoms with Crippen molar-refractivity contribution in [3.63, 3.8) is 0 Å². The van der Waals surface area contributed by atoms with Gasteiger partial charge in [0.15, 0.2) is 5.78 Å². The van der Waals surface area contributed by atoms with Gasteiger partial charge in [0, 0.05) is 12.4 Å². The van der Waals surface area contributed by atoms with Gasteiger partial charge in [-0.15, -0.1) is 64.1 Å². The van der Waals surface area contributed by atoms with Crippen LogP contribution in [0.1, 0.15) is 13.8 Å². The van der Waals surface area contributed by atoms with E-state index in [9.17, 15) is 9.90 Å². The summed E-state index contributed by atoms with van der Waals surface area (Å²) in [4.78, 5) is 19.1. The number of aromatic nitrogens is 2. The maximum Gasteiger partial charge on any atom is 3.00 e. The van der Waals surface area contributed by atoms with Crippen molar-refractivity contribution in [3.05, 3.63) is 170 Å². The Morgan fingerprint density at radius 2 is 0.938 bits per heavy atom. The Balaban J connectivity index is 0.000000155. The predicted octanol–water partition coefficient (Wildman–Crippen LogP) is 9.55. The number of benzene rings is 6. The van der Waals surface area contributed by atoms with Gasteiger partial charge >= 0.3 is 20.1 Å². The maximum absolute atomic E-state index is 9.98. The molecule has 5 heteroatoms. The monoisotopic (exact) mass is 800 g/mol. The number of fused-ring (bicyclic) bond motifs is 4. The molecule has 6 aromatic carbocycles. The second kappa shape index (κ2) is 15.9. The number of rotatable bonds is 3. The molecule has 2 heterocycles. The minimum absolute atomic E-state index is 0. The molecule has 8 rings (SSSR count). The normalized spacial score (nSPS) is 10.8. The van der Waals surface area contributed by atoms with E-state index in [1.54, 1.807) is 0 Å². The molecule has 0 aliphatic carbocycles. The van der Waals surface area contributed by atoms with E-state index in [-0.39, 0.29) is 31.6 Å². The molecule has 0 bridgehead atoms. The molecule has 0 aliphatic heterocycles. The van der Waals surface area contributed by atoms with Crippen molar-refractivity contribution in [2.24, 2.45) is 0 Å². The summed E-state index contributed by atoms with van der Waals surface area (Å²) >= 11 is 0. The quantitative estimate of drug-likeness (QED) is 0.102. The van der Waals surface area contributed by atoms with Crippen LogP contribution in [0.25, 0.3) is 65.6 Å². The molecule has 0 saturated carbocycles. The van der Waals surface area contributed by atoms with Crippen molar-refractivity contribution >= 4 is 48.9 Å². The SMILES string of the molecule is CC(=O)/C=C(/C)[O-].[Ir+3].[c-]1cc2ccccc2cc1-c1nccc2ccccc12.[c-]1cc2ccccc2cc1-c1nccc2ccccc12. The summed E-state index contributed by atoms with van der Waals surface area (Å²) < 4.78 is 0. The molecule has 0 amide bonds. The Kier molecular flexibility index (Phi) is 11.2. The van der Waals surface area contributed by atoms with Gasteiger partial charge in [0.2, 0.25) is 0 Å². The van der Waals surface area contributed by atoms with E-state index in [2.05, 4.69) is 119 Å². The molecule has 0 atom stereocenters. The Morgan fingerprint density at radius 3 is 1.31 bits per heavy atom. The van der Waals surface area contributed by atoms with Gasteiger partial charge in [-0.05, 0) is 58.1 Å². The van der Waals surface area contributed by atoms with Gasteiger partial charge in [-0.25, -0.2) is 0 Å². The molecule has 0 unspecified atom stereocenters. The number of carbonyl (C=O) groups excluding carboxylic acids is 1. The van der Waals surface area contributed by atoms with Crippen molar-refractivity contribution in [1.82, 2.24) is 9.97 Å². The van der Waals surface area contributed by atoms with Crippen LogP contribution in [0.15, 0.2) is 158 Å². The van der Waals surface area contributed by atoms with Crippen LogP contribution < -0.4 is 5.11 Å². The van der Waals surface area contributed by atoms with Crippen molar-refractivity contribution in [2.45, 2.75) is 13.8 Å². The first kappa shape index (κ1) is 33.9. The molecule has 0 radical (unpaired) electrons. The maximum atomic E-state index is 9.98. The molecule has 8 aromatic rings. The molecule has 0 spiro atoms. The fourth-order valence-corrected chi connectivity index (χ4v) is 5.48. The number of hydrogen-bond acceptors (Lipinski definition) is 4. The van der Waals surface area contributed by atoms with E-state index in [4.69, 9.17) is 0 Å². The van der Waals surface area contributed by atoms with Crippen molar-refractivity contribution in [3.8, 4) is 22.5 Å². The van der Waals surface area contributed by atoms with Gasteiger partial charge in [0.05, 0.1) is 0 Å². The smallest absolute Gasteiger partial charge is 0.876 e. The first-order valence-electron chi connectivity index (χ1n) is 15.3. The number of allylic oxidation sites excluding steroid dienone is 2. The van der Waals surface area contributed by atoms with Gasteiger partial charge < -0.3 is 15.1 Å². The van der Waals surface area contributed by atoms with Gasteiger partial charge in [0.25, 0.3) is 0 Å². The molecule has 4 nitrogen and oxygen atoms in total. The first-order chi connectivity index (χ1) is 23.0. The van der Waals surface area contributed by atoms with E-state index in [0.29, 0.717) is 0 Å². The molecular formula is C43H31IrN2O2. The summed E-state index contributed by atoms with van der Waals surface area (Å²) in [6.07, 6.45) is 4.78. The van der Waals surface area contributed by atoms with Crippen LogP contribution in [0.4, 0.5) is 0 Å². The van der Waals surface area contributed by atoms with E-state index in [0.717, 1.165) is 28.6 Å². The molecule has 0 saturated heterocycles. The third kappa shape index (κ3) is 8.08. The van der Waals surface area contributed by atoms with Gasteiger partial charge in [-0.1, -0.05) is 115 Å². The largest absolute Gasteiger partial charge is 3.00 e. The van der Waals surface area contributed by atoms with Crippen LogP contribution in [-0.4, -0.2) is 15.8 Å². The molecule has 0 N–H and O–H groups in total. The van der Waals surface area contributed by atoms with Crippen LogP contribution >= 0.6 is 0 Å². The van der Waals surface area contributed by atoms with Crippen LogP contribution in [0.5, 0.6) is 0 Å². The molecule has 2 aromatic heterocycles. The molecule has 48 heavy (non-hydrogen) atoms. The van der Waals surface area contributed by atoms with Gasteiger partial charge in [-0.3, -0.25) is 4.79 Å². The summed E-state index contributed by atoms with van der Waals surface area (Å²) in [6, 6.07) is 52.5. The predicted molar refractivity (Wildman–Crippen MR) is 191 cm³/mol. The molecule has 0 fully saturated rings. The second-order valence-corrected chi connectivity index (χ2v) is 11.1. The molecule has 0 aliphatic rings. The number of nitrogens with zero attached hydrogens (tertiary/aromatic N) is 2. The zero-order valence-electron chi connectivity index (χ0n) is 26.5. The Labute approximate surface area is 293 Å². The number of hydrogen-bond donors (Lipinski definition) is 0. The molecule has 234 valence electrons. The number of carbonyl (C=O) groups is 1. The Bertz CT molecular complexity index is 2210. The van der Waals surface area contributed by atoms with Crippen molar-refractivity contribution in [1.29, 1.82) is 0 Å². The number of pyridine rings is 2. The minimum atomic E-state index is -0.187. The first-order valence-corrected chi connectivity index (χ1v) is 15.3. The van der Waals surface area contributed by atoms with Crippen LogP contribution in [0, 0.1) is 12.1 Å². The molecular weight excluding hydrogens is 769 g/mol. The van der Waals surface area contributed by atoms with Crippen LogP contribution in [-0.2, 0) is 24.9 Å². The van der Waals surface area contributed by atoms with Crippen molar-refractivity contribution < 1.29 is 30.0 Å². The summed E-state index contributed by atoms with van der Waals surface area (Å²) in [6.45, 7) is 2.70.